The fourth-order valence-electron chi connectivity index (χ4n) is 2.79. The molecule has 24 heavy (non-hydrogen) atoms. The third-order valence-corrected chi connectivity index (χ3v) is 4.25. The molecule has 1 aliphatic rings. The van der Waals surface area contributed by atoms with Gasteiger partial charge < -0.3 is 10.0 Å². The maximum absolute atomic E-state index is 12.4. The second-order valence-corrected chi connectivity index (χ2v) is 6.06. The summed E-state index contributed by atoms with van der Waals surface area (Å²) in [6, 6.07) is 17.6. The molecule has 0 radical (unpaired) electrons. The summed E-state index contributed by atoms with van der Waals surface area (Å²) in [5.41, 5.74) is 2.79. The number of aliphatic hydroxyl groups excluding tert-OH is 1. The molecule has 3 heteroatoms. The second-order valence-electron chi connectivity index (χ2n) is 6.06. The Labute approximate surface area is 142 Å². The number of hydrogen-bond donors (Lipinski definition) is 1. The monoisotopic (exact) mass is 319 g/mol. The summed E-state index contributed by atoms with van der Waals surface area (Å²) in [4.78, 5) is 14.2. The molecule has 3 rings (SSSR count). The van der Waals surface area contributed by atoms with E-state index in [0.717, 1.165) is 12.0 Å². The molecule has 2 aromatic rings. The van der Waals surface area contributed by atoms with E-state index in [1.54, 1.807) is 0 Å². The minimum Gasteiger partial charge on any atom is -0.393 e. The molecule has 0 saturated carbocycles. The number of aliphatic hydroxyl groups is 1. The molecule has 0 unspecified atom stereocenters. The fraction of sp³-hybridized carbons (Fsp3) is 0.286. The van der Waals surface area contributed by atoms with Crippen molar-refractivity contribution < 1.29 is 9.90 Å². The van der Waals surface area contributed by atoms with Crippen molar-refractivity contribution >= 4 is 5.91 Å². The molecule has 0 spiro atoms. The average molecular weight is 319 g/mol. The highest BCUT2D eigenvalue weighted by atomic mass is 16.3. The van der Waals surface area contributed by atoms with Gasteiger partial charge in [-0.15, -0.1) is 0 Å². The molecule has 0 aromatic heterocycles. The van der Waals surface area contributed by atoms with E-state index in [0.29, 0.717) is 31.5 Å². The van der Waals surface area contributed by atoms with Crippen molar-refractivity contribution in [2.45, 2.75) is 25.4 Å². The Balaban J connectivity index is 1.60. The lowest BCUT2D eigenvalue weighted by Crippen LogP contribution is -2.40. The van der Waals surface area contributed by atoms with Crippen LogP contribution in [0, 0.1) is 11.8 Å². The minimum atomic E-state index is -0.267. The Morgan fingerprint density at radius 1 is 1.04 bits per heavy atom. The summed E-state index contributed by atoms with van der Waals surface area (Å²) in [5, 5.41) is 9.53. The highest BCUT2D eigenvalue weighted by Crippen LogP contribution is 2.14. The first-order chi connectivity index (χ1) is 11.7. The average Bonchev–Trinajstić information content (AvgIpc) is 2.63. The van der Waals surface area contributed by atoms with E-state index < -0.39 is 0 Å². The van der Waals surface area contributed by atoms with Crippen LogP contribution in [0.5, 0.6) is 0 Å². The van der Waals surface area contributed by atoms with Crippen LogP contribution >= 0.6 is 0 Å². The number of likely N-dealkylation sites (tertiary alicyclic amines) is 1. The number of rotatable bonds is 2. The lowest BCUT2D eigenvalue weighted by Gasteiger charge is -2.29. The normalized spacial score (nSPS) is 14.8. The first kappa shape index (κ1) is 16.3. The van der Waals surface area contributed by atoms with Gasteiger partial charge in [0.25, 0.3) is 5.91 Å². The standard InChI is InChI=1S/C21H21NO2/c23-20-13-15-22(16-14-20)21(24)19-11-9-18(10-12-19)8-4-7-17-5-2-1-3-6-17/h1-3,5-6,9-12,20,23H,7,13-16H2. The van der Waals surface area contributed by atoms with Gasteiger partial charge in [0, 0.05) is 30.6 Å². The van der Waals surface area contributed by atoms with Crippen LogP contribution in [0.1, 0.15) is 34.3 Å². The van der Waals surface area contributed by atoms with Gasteiger partial charge in [-0.3, -0.25) is 4.79 Å². The molecule has 1 saturated heterocycles. The number of piperidine rings is 1. The third-order valence-electron chi connectivity index (χ3n) is 4.25. The molecule has 2 aromatic carbocycles. The molecule has 1 amide bonds. The maximum Gasteiger partial charge on any atom is 0.253 e. The van der Waals surface area contributed by atoms with Gasteiger partial charge in [0.15, 0.2) is 0 Å². The molecular formula is C21H21NO2. The van der Waals surface area contributed by atoms with Crippen molar-refractivity contribution in [2.24, 2.45) is 0 Å². The number of amides is 1. The van der Waals surface area contributed by atoms with Gasteiger partial charge >= 0.3 is 0 Å². The minimum absolute atomic E-state index is 0.0331. The number of benzene rings is 2. The second kappa shape index (κ2) is 7.81. The molecule has 3 nitrogen and oxygen atoms in total. The lowest BCUT2D eigenvalue weighted by atomic mass is 10.1. The van der Waals surface area contributed by atoms with Gasteiger partial charge in [0.2, 0.25) is 0 Å². The summed E-state index contributed by atoms with van der Waals surface area (Å²) in [7, 11) is 0. The first-order valence-electron chi connectivity index (χ1n) is 8.32. The van der Waals surface area contributed by atoms with Crippen LogP contribution in [0.25, 0.3) is 0 Å². The Kier molecular flexibility index (Phi) is 5.30. The van der Waals surface area contributed by atoms with E-state index in [1.165, 1.54) is 5.56 Å². The van der Waals surface area contributed by atoms with Crippen LogP contribution in [0.15, 0.2) is 54.6 Å². The summed E-state index contributed by atoms with van der Waals surface area (Å²) < 4.78 is 0. The van der Waals surface area contributed by atoms with E-state index in [1.807, 2.05) is 47.4 Å². The molecule has 0 bridgehead atoms. The molecule has 1 aliphatic heterocycles. The van der Waals surface area contributed by atoms with Crippen LogP contribution in [0.3, 0.4) is 0 Å². The van der Waals surface area contributed by atoms with Crippen LogP contribution < -0.4 is 0 Å². The fourth-order valence-corrected chi connectivity index (χ4v) is 2.79. The van der Waals surface area contributed by atoms with Crippen LogP contribution in [-0.4, -0.2) is 35.1 Å². The van der Waals surface area contributed by atoms with Gasteiger partial charge in [-0.05, 0) is 42.7 Å². The summed E-state index contributed by atoms with van der Waals surface area (Å²) in [6.07, 6.45) is 1.78. The van der Waals surface area contributed by atoms with Crippen molar-refractivity contribution in [1.29, 1.82) is 0 Å². The van der Waals surface area contributed by atoms with Crippen molar-refractivity contribution in [3.63, 3.8) is 0 Å². The lowest BCUT2D eigenvalue weighted by molar-refractivity contribution is 0.0546. The zero-order valence-corrected chi connectivity index (χ0v) is 13.6. The van der Waals surface area contributed by atoms with Crippen molar-refractivity contribution in [2.75, 3.05) is 13.1 Å². The van der Waals surface area contributed by atoms with E-state index in [4.69, 9.17) is 0 Å². The predicted molar refractivity (Wildman–Crippen MR) is 94.6 cm³/mol. The van der Waals surface area contributed by atoms with Gasteiger partial charge in [-0.25, -0.2) is 0 Å². The molecular weight excluding hydrogens is 298 g/mol. The quantitative estimate of drug-likeness (QED) is 0.865. The largest absolute Gasteiger partial charge is 0.393 e. The smallest absolute Gasteiger partial charge is 0.253 e. The van der Waals surface area contributed by atoms with Crippen molar-refractivity contribution in [1.82, 2.24) is 4.90 Å². The zero-order chi connectivity index (χ0) is 16.8. The van der Waals surface area contributed by atoms with Gasteiger partial charge in [0.1, 0.15) is 0 Å². The number of carbonyl (C=O) groups excluding carboxylic acids is 1. The predicted octanol–water partition coefficient (Wildman–Crippen LogP) is 2.88. The van der Waals surface area contributed by atoms with E-state index >= 15 is 0 Å². The SMILES string of the molecule is O=C(c1ccc(C#CCc2ccccc2)cc1)N1CCC(O)CC1. The molecule has 122 valence electrons. The molecule has 0 aliphatic carbocycles. The number of hydrogen-bond acceptors (Lipinski definition) is 2. The highest BCUT2D eigenvalue weighted by Gasteiger charge is 2.21. The third kappa shape index (κ3) is 4.24. The molecule has 1 heterocycles. The van der Waals surface area contributed by atoms with Gasteiger partial charge in [-0.1, -0.05) is 42.2 Å². The van der Waals surface area contributed by atoms with Crippen LogP contribution in [-0.2, 0) is 6.42 Å². The topological polar surface area (TPSA) is 40.5 Å². The molecule has 1 fully saturated rings. The van der Waals surface area contributed by atoms with Crippen molar-refractivity contribution in [3.05, 3.63) is 71.3 Å². The number of nitrogens with zero attached hydrogens (tertiary/aromatic N) is 1. The Hall–Kier alpha value is -2.57. The van der Waals surface area contributed by atoms with Crippen LogP contribution in [0.4, 0.5) is 0 Å². The van der Waals surface area contributed by atoms with Crippen LogP contribution in [0.2, 0.25) is 0 Å². The van der Waals surface area contributed by atoms with E-state index in [2.05, 4.69) is 24.0 Å². The Morgan fingerprint density at radius 2 is 1.71 bits per heavy atom. The number of carbonyl (C=O) groups is 1. The van der Waals surface area contributed by atoms with E-state index in [-0.39, 0.29) is 12.0 Å². The summed E-state index contributed by atoms with van der Waals surface area (Å²) >= 11 is 0. The summed E-state index contributed by atoms with van der Waals surface area (Å²) in [5.74, 6) is 6.33. The van der Waals surface area contributed by atoms with E-state index in [9.17, 15) is 9.90 Å². The van der Waals surface area contributed by atoms with Gasteiger partial charge in [-0.2, -0.15) is 0 Å². The van der Waals surface area contributed by atoms with Crippen molar-refractivity contribution in [3.8, 4) is 11.8 Å². The zero-order valence-electron chi connectivity index (χ0n) is 13.6. The molecule has 0 atom stereocenters. The molecule has 1 N–H and O–H groups in total. The van der Waals surface area contributed by atoms with Gasteiger partial charge in [0.05, 0.1) is 6.10 Å². The maximum atomic E-state index is 12.4. The Bertz CT molecular complexity index is 733. The first-order valence-corrected chi connectivity index (χ1v) is 8.32. The summed E-state index contributed by atoms with van der Waals surface area (Å²) in [6.45, 7) is 1.25. The highest BCUT2D eigenvalue weighted by molar-refractivity contribution is 5.94. The Morgan fingerprint density at radius 3 is 2.38 bits per heavy atom.